The third kappa shape index (κ3) is 5.08. The van der Waals surface area contributed by atoms with Crippen molar-refractivity contribution in [2.75, 3.05) is 17.2 Å². The molecule has 1 amide bonds. The third-order valence-corrected chi connectivity index (χ3v) is 7.39. The molecule has 3 aliphatic rings. The van der Waals surface area contributed by atoms with E-state index in [1.54, 1.807) is 0 Å². The molecule has 1 aromatic carbocycles. The van der Waals surface area contributed by atoms with Crippen molar-refractivity contribution in [1.29, 1.82) is 5.41 Å². The van der Waals surface area contributed by atoms with Crippen LogP contribution in [-0.2, 0) is 11.2 Å². The summed E-state index contributed by atoms with van der Waals surface area (Å²) in [5, 5.41) is 12.8. The average Bonchev–Trinajstić information content (AvgIpc) is 3.19. The molecule has 172 valence electrons. The van der Waals surface area contributed by atoms with Gasteiger partial charge in [-0.3, -0.25) is 20.5 Å². The number of hydrogen-bond acceptors (Lipinski definition) is 6. The van der Waals surface area contributed by atoms with Crippen molar-refractivity contribution in [3.63, 3.8) is 0 Å². The average molecular weight is 455 g/mol. The smallest absolute Gasteiger partial charge is 0.230 e. The minimum absolute atomic E-state index is 0.0114. The highest BCUT2D eigenvalue weighted by atomic mass is 32.2. The Labute approximate surface area is 195 Å². The van der Waals surface area contributed by atoms with Gasteiger partial charge in [-0.2, -0.15) is 0 Å². The summed E-state index contributed by atoms with van der Waals surface area (Å²) in [7, 11) is 0. The van der Waals surface area contributed by atoms with Crippen LogP contribution < -0.4 is 21.1 Å². The van der Waals surface area contributed by atoms with Gasteiger partial charge in [-0.05, 0) is 57.1 Å². The van der Waals surface area contributed by atoms with E-state index in [2.05, 4.69) is 42.2 Å². The second kappa shape index (κ2) is 10.6. The number of carbonyl (C=O) groups is 1. The molecule has 32 heavy (non-hydrogen) atoms. The number of allylic oxidation sites excluding steroid dienone is 1. The first kappa shape index (κ1) is 23.0. The number of aliphatic imine (C=N–C) groups is 1. The molecule has 7 nitrogen and oxygen atoms in total. The van der Waals surface area contributed by atoms with Crippen LogP contribution in [0.4, 0.5) is 5.69 Å². The van der Waals surface area contributed by atoms with Crippen LogP contribution in [0, 0.1) is 11.3 Å². The number of anilines is 1. The number of aryl methyl sites for hydroxylation is 1. The number of amides is 1. The second-order valence-corrected chi connectivity index (χ2v) is 9.60. The predicted molar refractivity (Wildman–Crippen MR) is 133 cm³/mol. The van der Waals surface area contributed by atoms with Crippen molar-refractivity contribution < 1.29 is 4.79 Å². The fourth-order valence-corrected chi connectivity index (χ4v) is 5.51. The van der Waals surface area contributed by atoms with E-state index in [-0.39, 0.29) is 29.8 Å². The molecule has 3 atom stereocenters. The van der Waals surface area contributed by atoms with E-state index in [9.17, 15) is 4.79 Å². The molecular formula is C24H34N6OS. The van der Waals surface area contributed by atoms with Crippen molar-refractivity contribution >= 4 is 34.4 Å². The van der Waals surface area contributed by atoms with E-state index < -0.39 is 0 Å². The molecule has 1 fully saturated rings. The number of hydrazine groups is 1. The molecule has 1 saturated heterocycles. The Balaban J connectivity index is 1.44. The number of benzene rings is 1. The first-order chi connectivity index (χ1) is 15.6. The topological polar surface area (TPSA) is 92.6 Å². The molecule has 0 saturated carbocycles. The summed E-state index contributed by atoms with van der Waals surface area (Å²) in [5.74, 6) is 0.762. The summed E-state index contributed by atoms with van der Waals surface area (Å²) >= 11 is 1.41. The molecule has 1 aliphatic carbocycles. The minimum atomic E-state index is -0.189. The molecule has 0 bridgehead atoms. The molecule has 2 heterocycles. The molecule has 4 N–H and O–H groups in total. The van der Waals surface area contributed by atoms with Crippen molar-refractivity contribution in [1.82, 2.24) is 16.2 Å². The van der Waals surface area contributed by atoms with Crippen molar-refractivity contribution in [2.24, 2.45) is 10.9 Å². The van der Waals surface area contributed by atoms with Crippen molar-refractivity contribution in [3.05, 3.63) is 41.5 Å². The molecule has 0 aromatic heterocycles. The van der Waals surface area contributed by atoms with Gasteiger partial charge in [-0.15, -0.1) is 0 Å². The summed E-state index contributed by atoms with van der Waals surface area (Å²) < 4.78 is 0. The number of amidine groups is 2. The van der Waals surface area contributed by atoms with Crippen LogP contribution in [0.25, 0.3) is 0 Å². The van der Waals surface area contributed by atoms with Gasteiger partial charge in [0.15, 0.2) is 5.17 Å². The van der Waals surface area contributed by atoms with E-state index in [0.717, 1.165) is 24.9 Å². The summed E-state index contributed by atoms with van der Waals surface area (Å²) in [6.07, 6.45) is 8.83. The van der Waals surface area contributed by atoms with Gasteiger partial charge in [-0.1, -0.05) is 48.5 Å². The number of fused-ring (bicyclic) bond motifs is 1. The van der Waals surface area contributed by atoms with Gasteiger partial charge in [0.25, 0.3) is 0 Å². The molecule has 2 aliphatic heterocycles. The minimum Gasteiger partial charge on any atom is -0.355 e. The normalized spacial score (nSPS) is 25.2. The Morgan fingerprint density at radius 3 is 2.94 bits per heavy atom. The first-order valence-electron chi connectivity index (χ1n) is 11.7. The molecule has 0 radical (unpaired) electrons. The van der Waals surface area contributed by atoms with Crippen molar-refractivity contribution in [2.45, 2.75) is 64.6 Å². The van der Waals surface area contributed by atoms with Gasteiger partial charge < -0.3 is 5.32 Å². The van der Waals surface area contributed by atoms with Crippen molar-refractivity contribution in [3.8, 4) is 0 Å². The SMILES string of the molecule is CCc1ccccc1N1C(=N)C2C(C)NNC2N=C1SCC(=O)NCCC1=CCCCC1. The second-order valence-electron chi connectivity index (χ2n) is 8.66. The molecule has 1 aromatic rings. The Morgan fingerprint density at radius 2 is 2.16 bits per heavy atom. The largest absolute Gasteiger partial charge is 0.355 e. The lowest BCUT2D eigenvalue weighted by atomic mass is 9.96. The summed E-state index contributed by atoms with van der Waals surface area (Å²) in [4.78, 5) is 19.4. The standard InChI is InChI=1S/C24H34N6OS/c1-3-18-11-7-8-12-19(18)30-22(25)21-16(2)28-29-23(21)27-24(30)32-15-20(31)26-14-13-17-9-5-4-6-10-17/h7-9,11-12,16,21,23,25,28-29H,3-6,10,13-15H2,1-2H3,(H,26,31). The van der Waals surface area contributed by atoms with E-state index in [4.69, 9.17) is 10.4 Å². The fourth-order valence-electron chi connectivity index (χ4n) is 4.64. The van der Waals surface area contributed by atoms with Gasteiger partial charge in [0.1, 0.15) is 12.0 Å². The van der Waals surface area contributed by atoms with Crippen LogP contribution in [0.15, 0.2) is 40.9 Å². The Bertz CT molecular complexity index is 914. The monoisotopic (exact) mass is 454 g/mol. The van der Waals surface area contributed by atoms with Gasteiger partial charge >= 0.3 is 0 Å². The maximum atomic E-state index is 12.5. The van der Waals surface area contributed by atoms with Gasteiger partial charge in [0, 0.05) is 12.6 Å². The van der Waals surface area contributed by atoms with Gasteiger partial charge in [0.2, 0.25) is 5.91 Å². The lowest BCUT2D eigenvalue weighted by Crippen LogP contribution is -2.50. The van der Waals surface area contributed by atoms with E-state index >= 15 is 0 Å². The molecule has 4 rings (SSSR count). The van der Waals surface area contributed by atoms with Gasteiger partial charge in [0.05, 0.1) is 17.4 Å². The van der Waals surface area contributed by atoms with Crippen LogP contribution in [0.1, 0.15) is 51.5 Å². The lowest BCUT2D eigenvalue weighted by molar-refractivity contribution is -0.118. The highest BCUT2D eigenvalue weighted by Gasteiger charge is 2.44. The highest BCUT2D eigenvalue weighted by molar-refractivity contribution is 8.14. The zero-order chi connectivity index (χ0) is 22.5. The summed E-state index contributed by atoms with van der Waals surface area (Å²) in [6.45, 7) is 4.87. The Morgan fingerprint density at radius 1 is 1.31 bits per heavy atom. The Hall–Kier alpha value is -2.16. The van der Waals surface area contributed by atoms with E-state index in [0.29, 0.717) is 17.5 Å². The van der Waals surface area contributed by atoms with Crippen LogP contribution in [0.2, 0.25) is 0 Å². The number of hydrogen-bond donors (Lipinski definition) is 4. The van der Waals surface area contributed by atoms with Crippen LogP contribution in [0.5, 0.6) is 0 Å². The fraction of sp³-hybridized carbons (Fsp3) is 0.542. The molecular weight excluding hydrogens is 420 g/mol. The number of nitrogens with zero attached hydrogens (tertiary/aromatic N) is 2. The zero-order valence-electron chi connectivity index (χ0n) is 19.0. The first-order valence-corrected chi connectivity index (χ1v) is 12.7. The zero-order valence-corrected chi connectivity index (χ0v) is 19.8. The van der Waals surface area contributed by atoms with Crippen LogP contribution in [0.3, 0.4) is 0 Å². The maximum absolute atomic E-state index is 12.5. The molecule has 0 spiro atoms. The maximum Gasteiger partial charge on any atom is 0.230 e. The number of rotatable bonds is 7. The van der Waals surface area contributed by atoms with Gasteiger partial charge in [-0.25, -0.2) is 10.4 Å². The third-order valence-electron chi connectivity index (χ3n) is 6.43. The number of carbonyl (C=O) groups excluding carboxylic acids is 1. The highest BCUT2D eigenvalue weighted by Crippen LogP contribution is 2.33. The van der Waals surface area contributed by atoms with E-state index in [1.807, 2.05) is 23.1 Å². The lowest BCUT2D eigenvalue weighted by Gasteiger charge is -2.36. The molecule has 3 unspecified atom stereocenters. The number of para-hydroxylation sites is 1. The summed E-state index contributed by atoms with van der Waals surface area (Å²) in [6, 6.07) is 8.27. The quantitative estimate of drug-likeness (QED) is 0.473. The summed E-state index contributed by atoms with van der Waals surface area (Å²) in [5.41, 5.74) is 10.0. The van der Waals surface area contributed by atoms with Crippen LogP contribution in [-0.4, -0.2) is 41.4 Å². The number of nitrogens with one attached hydrogen (secondary N) is 4. The molecule has 8 heteroatoms. The van der Waals surface area contributed by atoms with Crippen LogP contribution >= 0.6 is 11.8 Å². The number of thioether (sulfide) groups is 1. The predicted octanol–water partition coefficient (Wildman–Crippen LogP) is 3.58. The van der Waals surface area contributed by atoms with E-state index in [1.165, 1.54) is 42.2 Å². The Kier molecular flexibility index (Phi) is 7.65.